The molecule has 0 spiro atoms. The van der Waals surface area contributed by atoms with E-state index in [0.29, 0.717) is 16.5 Å². The van der Waals surface area contributed by atoms with Gasteiger partial charge in [0.05, 0.1) is 0 Å². The zero-order chi connectivity index (χ0) is 19.7. The van der Waals surface area contributed by atoms with Gasteiger partial charge in [-0.05, 0) is 35.2 Å². The summed E-state index contributed by atoms with van der Waals surface area (Å²) in [5, 5.41) is 4.22. The molecule has 1 N–H and O–H groups in total. The van der Waals surface area contributed by atoms with Crippen molar-refractivity contribution in [2.75, 3.05) is 6.54 Å². The Kier molecular flexibility index (Phi) is 4.61. The van der Waals surface area contributed by atoms with Crippen molar-refractivity contribution in [2.24, 2.45) is 0 Å². The van der Waals surface area contributed by atoms with Crippen LogP contribution in [0.25, 0.3) is 10.8 Å². The molecule has 0 bridgehead atoms. The summed E-state index contributed by atoms with van der Waals surface area (Å²) < 4.78 is 12.9. The number of hydrogen-bond acceptors (Lipinski definition) is 3. The second-order valence-electron chi connectivity index (χ2n) is 6.62. The first-order valence-electron chi connectivity index (χ1n) is 8.93. The van der Waals surface area contributed by atoms with Crippen LogP contribution >= 0.6 is 0 Å². The molecule has 0 saturated heterocycles. The Bertz CT molecular complexity index is 1040. The van der Waals surface area contributed by atoms with Gasteiger partial charge in [0.2, 0.25) is 5.91 Å². The quantitative estimate of drug-likeness (QED) is 0.695. The molecule has 0 radical (unpaired) electrons. The second-order valence-corrected chi connectivity index (χ2v) is 6.62. The number of amides is 3. The molecule has 0 aliphatic carbocycles. The first-order chi connectivity index (χ1) is 13.5. The van der Waals surface area contributed by atoms with E-state index in [0.717, 1.165) is 15.8 Å². The summed E-state index contributed by atoms with van der Waals surface area (Å²) in [5.74, 6) is -1.41. The van der Waals surface area contributed by atoms with Crippen LogP contribution < -0.4 is 5.32 Å². The number of carbonyl (C=O) groups is 3. The molecule has 1 aliphatic heterocycles. The molecule has 28 heavy (non-hydrogen) atoms. The Labute approximate surface area is 160 Å². The van der Waals surface area contributed by atoms with Crippen molar-refractivity contribution in [3.63, 3.8) is 0 Å². The standard InChI is InChI=1S/C22H17FN2O3/c23-16-9-7-14(8-10-16)13-24-19(26)11-12-25-21(27)17-5-1-3-15-4-2-6-18(20(15)17)22(25)28/h1-10H,11-13H2,(H,24,26). The summed E-state index contributed by atoms with van der Waals surface area (Å²) in [4.78, 5) is 38.8. The Morgan fingerprint density at radius 2 is 1.50 bits per heavy atom. The van der Waals surface area contributed by atoms with Crippen LogP contribution in [0.1, 0.15) is 32.7 Å². The normalized spacial score (nSPS) is 13.1. The molecule has 0 unspecified atom stereocenters. The average Bonchev–Trinajstić information content (AvgIpc) is 2.71. The summed E-state index contributed by atoms with van der Waals surface area (Å²) in [6.07, 6.45) is -0.00316. The first-order valence-corrected chi connectivity index (χ1v) is 8.93. The molecule has 5 nitrogen and oxygen atoms in total. The summed E-state index contributed by atoms with van der Waals surface area (Å²) in [7, 11) is 0. The largest absolute Gasteiger partial charge is 0.352 e. The molecular weight excluding hydrogens is 359 g/mol. The molecule has 140 valence electrons. The van der Waals surface area contributed by atoms with Crippen molar-refractivity contribution in [1.82, 2.24) is 10.2 Å². The highest BCUT2D eigenvalue weighted by Crippen LogP contribution is 2.29. The Balaban J connectivity index is 1.44. The summed E-state index contributed by atoms with van der Waals surface area (Å²) in [6, 6.07) is 16.5. The lowest BCUT2D eigenvalue weighted by atomic mass is 9.94. The Morgan fingerprint density at radius 1 is 0.893 bits per heavy atom. The molecule has 0 atom stereocenters. The van der Waals surface area contributed by atoms with Crippen LogP contribution in [0.3, 0.4) is 0 Å². The van der Waals surface area contributed by atoms with Crippen LogP contribution in [-0.2, 0) is 11.3 Å². The van der Waals surface area contributed by atoms with Gasteiger partial charge in [0.1, 0.15) is 5.82 Å². The number of imide groups is 1. The van der Waals surface area contributed by atoms with Gasteiger partial charge in [0.25, 0.3) is 11.8 Å². The minimum Gasteiger partial charge on any atom is -0.352 e. The van der Waals surface area contributed by atoms with Crippen LogP contribution in [-0.4, -0.2) is 29.2 Å². The van der Waals surface area contributed by atoms with Gasteiger partial charge in [-0.2, -0.15) is 0 Å². The van der Waals surface area contributed by atoms with E-state index in [1.54, 1.807) is 36.4 Å². The van der Waals surface area contributed by atoms with Crippen LogP contribution in [0.2, 0.25) is 0 Å². The molecule has 3 aromatic carbocycles. The van der Waals surface area contributed by atoms with E-state index >= 15 is 0 Å². The SMILES string of the molecule is O=C(CCN1C(=O)c2cccc3cccc(c23)C1=O)NCc1ccc(F)cc1. The van der Waals surface area contributed by atoms with Crippen molar-refractivity contribution >= 4 is 28.5 Å². The van der Waals surface area contributed by atoms with E-state index in [9.17, 15) is 18.8 Å². The Hall–Kier alpha value is -3.54. The van der Waals surface area contributed by atoms with E-state index in [1.165, 1.54) is 12.1 Å². The van der Waals surface area contributed by atoms with Crippen molar-refractivity contribution in [1.29, 1.82) is 0 Å². The predicted octanol–water partition coefficient (Wildman–Crippen LogP) is 3.28. The molecule has 1 heterocycles. The number of hydrogen-bond donors (Lipinski definition) is 1. The lowest BCUT2D eigenvalue weighted by Crippen LogP contribution is -2.42. The van der Waals surface area contributed by atoms with Gasteiger partial charge < -0.3 is 5.32 Å². The highest BCUT2D eigenvalue weighted by Gasteiger charge is 2.32. The molecular formula is C22H17FN2O3. The second kappa shape index (κ2) is 7.23. The van der Waals surface area contributed by atoms with Crippen LogP contribution in [0.15, 0.2) is 60.7 Å². The number of nitrogens with one attached hydrogen (secondary N) is 1. The van der Waals surface area contributed by atoms with E-state index in [2.05, 4.69) is 5.32 Å². The maximum Gasteiger partial charge on any atom is 0.261 e. The van der Waals surface area contributed by atoms with Crippen molar-refractivity contribution in [2.45, 2.75) is 13.0 Å². The van der Waals surface area contributed by atoms with Gasteiger partial charge in [-0.25, -0.2) is 4.39 Å². The highest BCUT2D eigenvalue weighted by molar-refractivity contribution is 6.25. The molecule has 3 amide bonds. The number of nitrogens with zero attached hydrogens (tertiary/aromatic N) is 1. The minimum absolute atomic E-state index is 0.00234. The predicted molar refractivity (Wildman–Crippen MR) is 102 cm³/mol. The van der Waals surface area contributed by atoms with Gasteiger partial charge in [-0.3, -0.25) is 19.3 Å². The molecule has 4 rings (SSSR count). The maximum atomic E-state index is 12.9. The molecule has 6 heteroatoms. The topological polar surface area (TPSA) is 66.5 Å². The van der Waals surface area contributed by atoms with Gasteiger partial charge in [-0.1, -0.05) is 36.4 Å². The average molecular weight is 376 g/mol. The number of rotatable bonds is 5. The molecule has 3 aromatic rings. The van der Waals surface area contributed by atoms with Crippen molar-refractivity contribution in [3.8, 4) is 0 Å². The fourth-order valence-electron chi connectivity index (χ4n) is 3.39. The lowest BCUT2D eigenvalue weighted by molar-refractivity contribution is -0.121. The van der Waals surface area contributed by atoms with Crippen molar-refractivity contribution < 1.29 is 18.8 Å². The third-order valence-electron chi connectivity index (χ3n) is 4.82. The molecule has 1 aliphatic rings. The van der Waals surface area contributed by atoms with Gasteiger partial charge >= 0.3 is 0 Å². The van der Waals surface area contributed by atoms with Gasteiger partial charge in [-0.15, -0.1) is 0 Å². The zero-order valence-electron chi connectivity index (χ0n) is 14.9. The number of benzene rings is 3. The van der Waals surface area contributed by atoms with E-state index in [1.807, 2.05) is 12.1 Å². The Morgan fingerprint density at radius 3 is 2.11 bits per heavy atom. The van der Waals surface area contributed by atoms with Crippen LogP contribution in [0.5, 0.6) is 0 Å². The maximum absolute atomic E-state index is 12.9. The zero-order valence-corrected chi connectivity index (χ0v) is 14.9. The van der Waals surface area contributed by atoms with Gasteiger partial charge in [0, 0.05) is 36.0 Å². The number of halogens is 1. The van der Waals surface area contributed by atoms with E-state index in [-0.39, 0.29) is 43.0 Å². The fourth-order valence-corrected chi connectivity index (χ4v) is 3.39. The van der Waals surface area contributed by atoms with Gasteiger partial charge in [0.15, 0.2) is 0 Å². The third-order valence-corrected chi connectivity index (χ3v) is 4.82. The number of carbonyl (C=O) groups excluding carboxylic acids is 3. The van der Waals surface area contributed by atoms with E-state index < -0.39 is 0 Å². The lowest BCUT2D eigenvalue weighted by Gasteiger charge is -2.27. The summed E-state index contributed by atoms with van der Waals surface area (Å²) in [6.45, 7) is 0.251. The third kappa shape index (κ3) is 3.24. The molecule has 0 fully saturated rings. The van der Waals surface area contributed by atoms with Crippen molar-refractivity contribution in [3.05, 3.63) is 83.2 Å². The van der Waals surface area contributed by atoms with E-state index in [4.69, 9.17) is 0 Å². The van der Waals surface area contributed by atoms with Crippen LogP contribution in [0.4, 0.5) is 4.39 Å². The summed E-state index contributed by atoms with van der Waals surface area (Å²) in [5.41, 5.74) is 1.71. The minimum atomic E-state index is -0.388. The smallest absolute Gasteiger partial charge is 0.261 e. The fraction of sp³-hybridized carbons (Fsp3) is 0.136. The molecule has 0 saturated carbocycles. The van der Waals surface area contributed by atoms with Crippen LogP contribution in [0, 0.1) is 5.82 Å². The summed E-state index contributed by atoms with van der Waals surface area (Å²) >= 11 is 0. The molecule has 0 aromatic heterocycles. The first kappa shape index (κ1) is 17.9. The monoisotopic (exact) mass is 376 g/mol. The highest BCUT2D eigenvalue weighted by atomic mass is 19.1.